The summed E-state index contributed by atoms with van der Waals surface area (Å²) in [5.41, 5.74) is 4.45. The van der Waals surface area contributed by atoms with Gasteiger partial charge in [0.1, 0.15) is 0 Å². The number of carbonyl (C=O) groups is 1. The maximum Gasteiger partial charge on any atom is 0.233 e. The number of rotatable bonds is 9. The Morgan fingerprint density at radius 3 is 2.48 bits per heavy atom. The number of carbonyl (C=O) groups excluding carboxylic acids is 1. The first kappa shape index (κ1) is 23.2. The molecule has 0 fully saturated rings. The van der Waals surface area contributed by atoms with E-state index in [1.165, 1.54) is 27.8 Å². The first-order valence-corrected chi connectivity index (χ1v) is 12.8. The SMILES string of the molecule is CCc1cccc(CC)c1-n1c(SCC(=O)N(C)Cc2cccs2)nnc1-c1cccnc1. The minimum Gasteiger partial charge on any atom is -0.340 e. The predicted octanol–water partition coefficient (Wildman–Crippen LogP) is 5.27. The molecule has 0 N–H and O–H groups in total. The number of hydrogen-bond donors (Lipinski definition) is 0. The monoisotopic (exact) mass is 477 g/mol. The third-order valence-electron chi connectivity index (χ3n) is 5.47. The summed E-state index contributed by atoms with van der Waals surface area (Å²) in [4.78, 5) is 20.1. The quantitative estimate of drug-likeness (QED) is 0.308. The smallest absolute Gasteiger partial charge is 0.233 e. The molecule has 33 heavy (non-hydrogen) atoms. The van der Waals surface area contributed by atoms with Gasteiger partial charge in [-0.05, 0) is 47.5 Å². The van der Waals surface area contributed by atoms with E-state index in [0.29, 0.717) is 17.5 Å². The van der Waals surface area contributed by atoms with E-state index >= 15 is 0 Å². The van der Waals surface area contributed by atoms with Crippen LogP contribution in [0.15, 0.2) is 65.4 Å². The summed E-state index contributed by atoms with van der Waals surface area (Å²) >= 11 is 3.08. The maximum atomic E-state index is 12.9. The Labute approximate surface area is 202 Å². The number of pyridine rings is 1. The van der Waals surface area contributed by atoms with Crippen LogP contribution in [-0.4, -0.2) is 43.4 Å². The van der Waals surface area contributed by atoms with Crippen molar-refractivity contribution < 1.29 is 4.79 Å². The van der Waals surface area contributed by atoms with Gasteiger partial charge < -0.3 is 4.90 Å². The van der Waals surface area contributed by atoms with E-state index in [1.54, 1.807) is 28.6 Å². The molecule has 4 rings (SSSR count). The van der Waals surface area contributed by atoms with Crippen LogP contribution < -0.4 is 0 Å². The van der Waals surface area contributed by atoms with E-state index in [9.17, 15) is 4.79 Å². The largest absolute Gasteiger partial charge is 0.340 e. The maximum absolute atomic E-state index is 12.9. The zero-order valence-electron chi connectivity index (χ0n) is 19.1. The lowest BCUT2D eigenvalue weighted by Crippen LogP contribution is -2.27. The average Bonchev–Trinajstić information content (AvgIpc) is 3.52. The molecular weight excluding hydrogens is 450 g/mol. The Morgan fingerprint density at radius 1 is 1.06 bits per heavy atom. The van der Waals surface area contributed by atoms with Gasteiger partial charge in [-0.1, -0.05) is 49.9 Å². The Kier molecular flexibility index (Phi) is 7.57. The van der Waals surface area contributed by atoms with E-state index in [4.69, 9.17) is 0 Å². The van der Waals surface area contributed by atoms with E-state index in [0.717, 1.165) is 29.9 Å². The summed E-state index contributed by atoms with van der Waals surface area (Å²) < 4.78 is 2.10. The summed E-state index contributed by atoms with van der Waals surface area (Å²) in [5, 5.41) is 11.8. The number of thioether (sulfide) groups is 1. The topological polar surface area (TPSA) is 63.9 Å². The molecule has 0 aliphatic heterocycles. The third kappa shape index (κ3) is 5.17. The van der Waals surface area contributed by atoms with Crippen molar-refractivity contribution in [3.8, 4) is 17.1 Å². The number of para-hydroxylation sites is 1. The van der Waals surface area contributed by atoms with Gasteiger partial charge in [0.05, 0.1) is 18.0 Å². The van der Waals surface area contributed by atoms with Crippen LogP contribution in [0.25, 0.3) is 17.1 Å². The second kappa shape index (κ2) is 10.8. The standard InChI is InChI=1S/C25H27N5OS2/c1-4-18-9-6-10-19(5-2)23(18)30-24(20-11-7-13-26-15-20)27-28-25(30)33-17-22(31)29(3)16-21-12-8-14-32-21/h6-15H,4-5,16-17H2,1-3H3. The minimum absolute atomic E-state index is 0.0605. The van der Waals surface area contributed by atoms with Crippen molar-refractivity contribution in [3.05, 3.63) is 76.2 Å². The summed E-state index contributed by atoms with van der Waals surface area (Å²) in [7, 11) is 1.84. The Bertz CT molecular complexity index is 1180. The van der Waals surface area contributed by atoms with Crippen molar-refractivity contribution in [1.82, 2.24) is 24.6 Å². The molecule has 1 aromatic carbocycles. The lowest BCUT2D eigenvalue weighted by molar-refractivity contribution is -0.127. The van der Waals surface area contributed by atoms with Crippen LogP contribution >= 0.6 is 23.1 Å². The fourth-order valence-electron chi connectivity index (χ4n) is 3.71. The van der Waals surface area contributed by atoms with Gasteiger partial charge >= 0.3 is 0 Å². The van der Waals surface area contributed by atoms with Gasteiger partial charge in [-0.15, -0.1) is 21.5 Å². The van der Waals surface area contributed by atoms with Crippen LogP contribution in [0.2, 0.25) is 0 Å². The van der Waals surface area contributed by atoms with Gasteiger partial charge in [0.2, 0.25) is 5.91 Å². The molecule has 8 heteroatoms. The summed E-state index contributed by atoms with van der Waals surface area (Å²) in [6.07, 6.45) is 5.33. The highest BCUT2D eigenvalue weighted by molar-refractivity contribution is 7.99. The molecule has 170 valence electrons. The van der Waals surface area contributed by atoms with E-state index in [-0.39, 0.29) is 5.91 Å². The number of aryl methyl sites for hydroxylation is 2. The number of amides is 1. The number of thiophene rings is 1. The lowest BCUT2D eigenvalue weighted by Gasteiger charge is -2.19. The average molecular weight is 478 g/mol. The predicted molar refractivity (Wildman–Crippen MR) is 135 cm³/mol. The molecular formula is C25H27N5OS2. The first-order chi connectivity index (χ1) is 16.1. The fourth-order valence-corrected chi connectivity index (χ4v) is 5.35. The van der Waals surface area contributed by atoms with Crippen LogP contribution in [-0.2, 0) is 24.2 Å². The molecule has 3 aromatic heterocycles. The van der Waals surface area contributed by atoms with Gasteiger partial charge in [0.25, 0.3) is 0 Å². The Hall–Kier alpha value is -2.97. The van der Waals surface area contributed by atoms with Crippen LogP contribution in [0, 0.1) is 0 Å². The van der Waals surface area contributed by atoms with Crippen molar-refractivity contribution >= 4 is 29.0 Å². The van der Waals surface area contributed by atoms with E-state index < -0.39 is 0 Å². The van der Waals surface area contributed by atoms with Crippen LogP contribution in [0.5, 0.6) is 0 Å². The van der Waals surface area contributed by atoms with Crippen molar-refractivity contribution in [2.45, 2.75) is 38.4 Å². The van der Waals surface area contributed by atoms with E-state index in [1.807, 2.05) is 36.7 Å². The number of nitrogens with zero attached hydrogens (tertiary/aromatic N) is 5. The third-order valence-corrected chi connectivity index (χ3v) is 7.24. The fraction of sp³-hybridized carbons (Fsp3) is 0.280. The first-order valence-electron chi connectivity index (χ1n) is 11.0. The van der Waals surface area contributed by atoms with Crippen LogP contribution in [0.1, 0.15) is 29.9 Å². The Balaban J connectivity index is 1.68. The molecule has 0 saturated carbocycles. The summed E-state index contributed by atoms with van der Waals surface area (Å²) in [6.45, 7) is 4.92. The van der Waals surface area contributed by atoms with Crippen LogP contribution in [0.3, 0.4) is 0 Å². The molecule has 3 heterocycles. The molecule has 0 unspecified atom stereocenters. The number of aromatic nitrogens is 4. The molecule has 0 saturated heterocycles. The highest BCUT2D eigenvalue weighted by Crippen LogP contribution is 2.32. The summed E-state index contributed by atoms with van der Waals surface area (Å²) in [6, 6.07) is 14.3. The molecule has 4 aromatic rings. The highest BCUT2D eigenvalue weighted by Gasteiger charge is 2.22. The second-order valence-corrected chi connectivity index (χ2v) is 9.61. The van der Waals surface area contributed by atoms with Crippen molar-refractivity contribution in [2.75, 3.05) is 12.8 Å². The van der Waals surface area contributed by atoms with Crippen LogP contribution in [0.4, 0.5) is 0 Å². The molecule has 0 radical (unpaired) electrons. The lowest BCUT2D eigenvalue weighted by atomic mass is 10.0. The van der Waals surface area contributed by atoms with Gasteiger partial charge in [-0.2, -0.15) is 0 Å². The molecule has 6 nitrogen and oxygen atoms in total. The number of hydrogen-bond acceptors (Lipinski definition) is 6. The number of benzene rings is 1. The zero-order chi connectivity index (χ0) is 23.2. The van der Waals surface area contributed by atoms with Gasteiger partial charge in [0.15, 0.2) is 11.0 Å². The normalized spacial score (nSPS) is 11.0. The minimum atomic E-state index is 0.0605. The van der Waals surface area contributed by atoms with Gasteiger partial charge in [0, 0.05) is 29.9 Å². The molecule has 0 aliphatic carbocycles. The molecule has 1 amide bonds. The van der Waals surface area contributed by atoms with Gasteiger partial charge in [-0.25, -0.2) is 0 Å². The Morgan fingerprint density at radius 2 is 1.85 bits per heavy atom. The summed E-state index contributed by atoms with van der Waals surface area (Å²) in [5.74, 6) is 1.09. The zero-order valence-corrected chi connectivity index (χ0v) is 20.7. The molecule has 0 spiro atoms. The van der Waals surface area contributed by atoms with Crippen molar-refractivity contribution in [3.63, 3.8) is 0 Å². The van der Waals surface area contributed by atoms with Crippen molar-refractivity contribution in [2.24, 2.45) is 0 Å². The molecule has 0 bridgehead atoms. The van der Waals surface area contributed by atoms with E-state index in [2.05, 4.69) is 51.8 Å². The highest BCUT2D eigenvalue weighted by atomic mass is 32.2. The second-order valence-electron chi connectivity index (χ2n) is 7.63. The molecule has 0 atom stereocenters. The van der Waals surface area contributed by atoms with Gasteiger partial charge in [-0.3, -0.25) is 14.3 Å². The molecule has 0 aliphatic rings. The van der Waals surface area contributed by atoms with Crippen molar-refractivity contribution in [1.29, 1.82) is 0 Å².